The first-order valence-electron chi connectivity index (χ1n) is 5.55. The van der Waals surface area contributed by atoms with Crippen molar-refractivity contribution in [3.05, 3.63) is 35.6 Å². The maximum atomic E-state index is 13.7. The Morgan fingerprint density at radius 1 is 1.50 bits per heavy atom. The zero-order chi connectivity index (χ0) is 11.5. The SMILES string of the molecule is CCCN1C(N)=NCC1c1ccccc1F. The Balaban J connectivity index is 2.25. The van der Waals surface area contributed by atoms with Crippen LogP contribution in [-0.2, 0) is 0 Å². The minimum Gasteiger partial charge on any atom is -0.370 e. The van der Waals surface area contributed by atoms with Crippen LogP contribution in [0.3, 0.4) is 0 Å². The van der Waals surface area contributed by atoms with Gasteiger partial charge in [0.25, 0.3) is 0 Å². The largest absolute Gasteiger partial charge is 0.370 e. The number of benzene rings is 1. The minimum atomic E-state index is -0.182. The molecule has 0 saturated heterocycles. The zero-order valence-electron chi connectivity index (χ0n) is 9.36. The van der Waals surface area contributed by atoms with Gasteiger partial charge in [-0.15, -0.1) is 0 Å². The Labute approximate surface area is 94.8 Å². The number of rotatable bonds is 3. The molecule has 86 valence electrons. The third-order valence-electron chi connectivity index (χ3n) is 2.83. The molecule has 0 bridgehead atoms. The summed E-state index contributed by atoms with van der Waals surface area (Å²) in [5, 5.41) is 0. The molecule has 1 unspecified atom stereocenters. The van der Waals surface area contributed by atoms with Crippen LogP contribution in [0.25, 0.3) is 0 Å². The lowest BCUT2D eigenvalue weighted by atomic mass is 10.1. The van der Waals surface area contributed by atoms with Crippen molar-refractivity contribution in [1.29, 1.82) is 0 Å². The number of halogens is 1. The molecule has 1 aliphatic heterocycles. The molecule has 2 N–H and O–H groups in total. The average Bonchev–Trinajstić information content (AvgIpc) is 2.62. The van der Waals surface area contributed by atoms with Crippen LogP contribution in [0.5, 0.6) is 0 Å². The van der Waals surface area contributed by atoms with Crippen molar-refractivity contribution >= 4 is 5.96 Å². The van der Waals surface area contributed by atoms with Gasteiger partial charge in [0.15, 0.2) is 5.96 Å². The molecule has 16 heavy (non-hydrogen) atoms. The summed E-state index contributed by atoms with van der Waals surface area (Å²) in [6.45, 7) is 3.44. The topological polar surface area (TPSA) is 41.6 Å². The fraction of sp³-hybridized carbons (Fsp3) is 0.417. The Morgan fingerprint density at radius 2 is 2.25 bits per heavy atom. The van der Waals surface area contributed by atoms with Gasteiger partial charge in [-0.3, -0.25) is 4.99 Å². The van der Waals surface area contributed by atoms with Crippen molar-refractivity contribution in [1.82, 2.24) is 4.90 Å². The number of nitrogens with two attached hydrogens (primary N) is 1. The van der Waals surface area contributed by atoms with Crippen molar-refractivity contribution in [2.24, 2.45) is 10.7 Å². The summed E-state index contributed by atoms with van der Waals surface area (Å²) in [4.78, 5) is 6.16. The summed E-state index contributed by atoms with van der Waals surface area (Å²) >= 11 is 0. The molecule has 1 aromatic carbocycles. The standard InChI is InChI=1S/C12H16FN3/c1-2-7-16-11(8-15-12(16)14)9-5-3-4-6-10(9)13/h3-6,11H,2,7-8H2,1H3,(H2,14,15). The molecule has 1 aliphatic rings. The molecular formula is C12H16FN3. The quantitative estimate of drug-likeness (QED) is 0.847. The van der Waals surface area contributed by atoms with Gasteiger partial charge in [0, 0.05) is 12.1 Å². The van der Waals surface area contributed by atoms with Crippen LogP contribution < -0.4 is 5.73 Å². The van der Waals surface area contributed by atoms with Gasteiger partial charge in [-0.05, 0) is 12.5 Å². The second kappa shape index (κ2) is 4.51. The summed E-state index contributed by atoms with van der Waals surface area (Å²) in [5.74, 6) is 0.341. The molecule has 1 atom stereocenters. The van der Waals surface area contributed by atoms with Crippen LogP contribution in [0.15, 0.2) is 29.3 Å². The minimum absolute atomic E-state index is 0.0406. The molecule has 0 radical (unpaired) electrons. The van der Waals surface area contributed by atoms with Gasteiger partial charge >= 0.3 is 0 Å². The molecular weight excluding hydrogens is 205 g/mol. The van der Waals surface area contributed by atoms with Crippen LogP contribution in [0.2, 0.25) is 0 Å². The molecule has 0 amide bonds. The van der Waals surface area contributed by atoms with Gasteiger partial charge in [-0.1, -0.05) is 25.1 Å². The summed E-state index contributed by atoms with van der Waals surface area (Å²) in [5.41, 5.74) is 6.48. The number of hydrogen-bond acceptors (Lipinski definition) is 3. The molecule has 0 saturated carbocycles. The highest BCUT2D eigenvalue weighted by molar-refractivity contribution is 5.80. The first-order chi connectivity index (χ1) is 7.74. The molecule has 0 fully saturated rings. The molecule has 0 aromatic heterocycles. The van der Waals surface area contributed by atoms with Crippen LogP contribution in [0, 0.1) is 5.82 Å². The maximum absolute atomic E-state index is 13.7. The predicted molar refractivity (Wildman–Crippen MR) is 62.6 cm³/mol. The molecule has 3 nitrogen and oxygen atoms in total. The second-order valence-corrected chi connectivity index (χ2v) is 3.93. The lowest BCUT2D eigenvalue weighted by molar-refractivity contribution is 0.338. The van der Waals surface area contributed by atoms with Gasteiger partial charge in [-0.25, -0.2) is 4.39 Å². The van der Waals surface area contributed by atoms with Gasteiger partial charge in [0.2, 0.25) is 0 Å². The highest BCUT2D eigenvalue weighted by Crippen LogP contribution is 2.27. The number of guanidine groups is 1. The van der Waals surface area contributed by atoms with Gasteiger partial charge in [-0.2, -0.15) is 0 Å². The van der Waals surface area contributed by atoms with Crippen LogP contribution in [0.4, 0.5) is 4.39 Å². The molecule has 0 spiro atoms. The first kappa shape index (κ1) is 10.9. The van der Waals surface area contributed by atoms with Crippen LogP contribution in [-0.4, -0.2) is 23.9 Å². The monoisotopic (exact) mass is 221 g/mol. The van der Waals surface area contributed by atoms with E-state index in [-0.39, 0.29) is 11.9 Å². The molecule has 4 heteroatoms. The van der Waals surface area contributed by atoms with E-state index >= 15 is 0 Å². The van der Waals surface area contributed by atoms with E-state index < -0.39 is 0 Å². The van der Waals surface area contributed by atoms with E-state index in [0.29, 0.717) is 18.1 Å². The highest BCUT2D eigenvalue weighted by Gasteiger charge is 2.28. The van der Waals surface area contributed by atoms with Crippen molar-refractivity contribution in [3.8, 4) is 0 Å². The van der Waals surface area contributed by atoms with E-state index in [9.17, 15) is 4.39 Å². The Hall–Kier alpha value is -1.58. The number of nitrogens with zero attached hydrogens (tertiary/aromatic N) is 2. The first-order valence-corrected chi connectivity index (χ1v) is 5.55. The van der Waals surface area contributed by atoms with Gasteiger partial charge in [0.05, 0.1) is 12.6 Å². The zero-order valence-corrected chi connectivity index (χ0v) is 9.36. The molecule has 0 aliphatic carbocycles. The van der Waals surface area contributed by atoms with Gasteiger partial charge < -0.3 is 10.6 Å². The lowest BCUT2D eigenvalue weighted by Crippen LogP contribution is -2.36. The Kier molecular flexibility index (Phi) is 3.08. The summed E-state index contributed by atoms with van der Waals surface area (Å²) in [6, 6.07) is 6.78. The molecule has 1 aromatic rings. The van der Waals surface area contributed by atoms with Crippen molar-refractivity contribution < 1.29 is 4.39 Å². The normalized spacial score (nSPS) is 20.0. The summed E-state index contributed by atoms with van der Waals surface area (Å²) in [6.07, 6.45) is 0.973. The number of hydrogen-bond donors (Lipinski definition) is 1. The molecule has 1 heterocycles. The van der Waals surface area contributed by atoms with Crippen molar-refractivity contribution in [3.63, 3.8) is 0 Å². The predicted octanol–water partition coefficient (Wildman–Crippen LogP) is 1.91. The Bertz CT molecular complexity index is 403. The van der Waals surface area contributed by atoms with E-state index in [1.165, 1.54) is 6.07 Å². The van der Waals surface area contributed by atoms with Crippen molar-refractivity contribution in [2.75, 3.05) is 13.1 Å². The van der Waals surface area contributed by atoms with Crippen LogP contribution in [0.1, 0.15) is 24.9 Å². The van der Waals surface area contributed by atoms with Crippen molar-refractivity contribution in [2.45, 2.75) is 19.4 Å². The Morgan fingerprint density at radius 3 is 2.94 bits per heavy atom. The lowest BCUT2D eigenvalue weighted by Gasteiger charge is -2.26. The second-order valence-electron chi connectivity index (χ2n) is 3.93. The van der Waals surface area contributed by atoms with E-state index in [1.807, 2.05) is 11.0 Å². The van der Waals surface area contributed by atoms with E-state index in [1.54, 1.807) is 12.1 Å². The van der Waals surface area contributed by atoms with Crippen LogP contribution >= 0.6 is 0 Å². The smallest absolute Gasteiger partial charge is 0.191 e. The van der Waals surface area contributed by atoms with E-state index in [4.69, 9.17) is 5.73 Å². The third kappa shape index (κ3) is 1.87. The van der Waals surface area contributed by atoms with E-state index in [2.05, 4.69) is 11.9 Å². The third-order valence-corrected chi connectivity index (χ3v) is 2.83. The number of aliphatic imine (C=N–C) groups is 1. The maximum Gasteiger partial charge on any atom is 0.191 e. The summed E-state index contributed by atoms with van der Waals surface area (Å²) in [7, 11) is 0. The summed E-state index contributed by atoms with van der Waals surface area (Å²) < 4.78 is 13.7. The molecule has 2 rings (SSSR count). The average molecular weight is 221 g/mol. The van der Waals surface area contributed by atoms with Gasteiger partial charge in [0.1, 0.15) is 5.82 Å². The fourth-order valence-electron chi connectivity index (χ4n) is 2.05. The fourth-order valence-corrected chi connectivity index (χ4v) is 2.05. The highest BCUT2D eigenvalue weighted by atomic mass is 19.1. The van der Waals surface area contributed by atoms with E-state index in [0.717, 1.165) is 13.0 Å².